The number of fused-ring (bicyclic) bond motifs is 2. The highest BCUT2D eigenvalue weighted by Gasteiger charge is 2.13. The van der Waals surface area contributed by atoms with Gasteiger partial charge in [0.15, 0.2) is 6.61 Å². The van der Waals surface area contributed by atoms with Gasteiger partial charge in [-0.2, -0.15) is 0 Å². The van der Waals surface area contributed by atoms with Gasteiger partial charge in [0.25, 0.3) is 5.91 Å². The van der Waals surface area contributed by atoms with Crippen LogP contribution >= 0.6 is 11.8 Å². The molecule has 0 bridgehead atoms. The van der Waals surface area contributed by atoms with Gasteiger partial charge in [-0.05, 0) is 41.5 Å². The number of rotatable bonds is 8. The Hall–Kier alpha value is -3.70. The number of aryl methyl sites for hydroxylation is 1. The van der Waals surface area contributed by atoms with E-state index in [1.165, 1.54) is 15.8 Å². The zero-order chi connectivity index (χ0) is 23.3. The molecule has 5 heteroatoms. The molecule has 0 aliphatic heterocycles. The largest absolute Gasteiger partial charge is 0.484 e. The van der Waals surface area contributed by atoms with E-state index in [9.17, 15) is 4.79 Å². The van der Waals surface area contributed by atoms with Crippen LogP contribution in [0.5, 0.6) is 5.75 Å². The van der Waals surface area contributed by atoms with Crippen LogP contribution in [0.3, 0.4) is 0 Å². The summed E-state index contributed by atoms with van der Waals surface area (Å²) >= 11 is 1.75. The molecule has 0 aliphatic rings. The number of nitrogens with one attached hydrogen (secondary N) is 2. The Kier molecular flexibility index (Phi) is 6.54. The lowest BCUT2D eigenvalue weighted by Gasteiger charge is -2.09. The molecule has 0 radical (unpaired) electrons. The van der Waals surface area contributed by atoms with Gasteiger partial charge in [-0.25, -0.2) is 0 Å². The summed E-state index contributed by atoms with van der Waals surface area (Å²) in [6, 6.07) is 30.9. The van der Waals surface area contributed by atoms with Gasteiger partial charge in [0.05, 0.1) is 5.69 Å². The SMILES string of the molecule is Cc1ccc(-c2[nH]c3ccccc3c2SCCNC(=O)COc2ccc3ccccc3c2)cc1. The average molecular weight is 467 g/mol. The molecule has 4 nitrogen and oxygen atoms in total. The Balaban J connectivity index is 1.18. The monoisotopic (exact) mass is 466 g/mol. The normalized spacial score (nSPS) is 11.1. The van der Waals surface area contributed by atoms with Gasteiger partial charge >= 0.3 is 0 Å². The number of carbonyl (C=O) groups excluding carboxylic acids is 1. The summed E-state index contributed by atoms with van der Waals surface area (Å²) in [6.45, 7) is 2.67. The van der Waals surface area contributed by atoms with E-state index >= 15 is 0 Å². The molecule has 0 saturated heterocycles. The molecule has 0 unspecified atom stereocenters. The number of hydrogen-bond donors (Lipinski definition) is 2. The fourth-order valence-electron chi connectivity index (χ4n) is 3.99. The quantitative estimate of drug-likeness (QED) is 0.200. The molecular formula is C29H26N2O2S. The van der Waals surface area contributed by atoms with Gasteiger partial charge in [-0.1, -0.05) is 78.4 Å². The number of benzene rings is 4. The maximum absolute atomic E-state index is 12.3. The Morgan fingerprint density at radius 3 is 2.53 bits per heavy atom. The predicted molar refractivity (Wildman–Crippen MR) is 142 cm³/mol. The third kappa shape index (κ3) is 4.95. The lowest BCUT2D eigenvalue weighted by molar-refractivity contribution is -0.122. The molecule has 0 saturated carbocycles. The van der Waals surface area contributed by atoms with Crippen LogP contribution in [0.25, 0.3) is 32.9 Å². The number of hydrogen-bond acceptors (Lipinski definition) is 3. The van der Waals surface area contributed by atoms with Crippen molar-refractivity contribution in [1.29, 1.82) is 0 Å². The van der Waals surface area contributed by atoms with E-state index in [-0.39, 0.29) is 12.5 Å². The molecule has 4 aromatic carbocycles. The van der Waals surface area contributed by atoms with Crippen LogP contribution in [0.4, 0.5) is 0 Å². The fraction of sp³-hybridized carbons (Fsp3) is 0.138. The minimum Gasteiger partial charge on any atom is -0.484 e. The molecule has 5 aromatic rings. The molecule has 5 rings (SSSR count). The van der Waals surface area contributed by atoms with Crippen molar-refractivity contribution in [3.05, 3.63) is 96.6 Å². The second kappa shape index (κ2) is 10.1. The van der Waals surface area contributed by atoms with Crippen LogP contribution in [-0.2, 0) is 4.79 Å². The standard InChI is InChI=1S/C29H26N2O2S/c1-20-10-12-22(13-11-20)28-29(25-8-4-5-9-26(25)31-28)34-17-16-30-27(32)19-33-24-15-14-21-6-2-3-7-23(21)18-24/h2-15,18,31H,16-17,19H2,1H3,(H,30,32). The van der Waals surface area contributed by atoms with Crippen LogP contribution in [0.2, 0.25) is 0 Å². The van der Waals surface area contributed by atoms with Crippen molar-refractivity contribution in [3.63, 3.8) is 0 Å². The Bertz CT molecular complexity index is 1440. The number of aromatic nitrogens is 1. The van der Waals surface area contributed by atoms with Crippen molar-refractivity contribution in [2.24, 2.45) is 0 Å². The minimum absolute atomic E-state index is 0.00467. The topological polar surface area (TPSA) is 54.1 Å². The number of amides is 1. The highest BCUT2D eigenvalue weighted by atomic mass is 32.2. The van der Waals surface area contributed by atoms with Crippen molar-refractivity contribution in [2.45, 2.75) is 11.8 Å². The second-order valence-corrected chi connectivity index (χ2v) is 9.34. The molecule has 0 aliphatic carbocycles. The molecule has 1 amide bonds. The maximum atomic E-state index is 12.3. The minimum atomic E-state index is -0.119. The molecule has 170 valence electrons. The molecule has 1 heterocycles. The lowest BCUT2D eigenvalue weighted by Crippen LogP contribution is -2.30. The Labute approximate surface area is 203 Å². The zero-order valence-electron chi connectivity index (χ0n) is 19.0. The molecule has 0 spiro atoms. The van der Waals surface area contributed by atoms with Crippen LogP contribution in [0, 0.1) is 6.92 Å². The highest BCUT2D eigenvalue weighted by molar-refractivity contribution is 7.99. The average Bonchev–Trinajstić information content (AvgIpc) is 3.24. The molecule has 0 atom stereocenters. The predicted octanol–water partition coefficient (Wildman–Crippen LogP) is 6.58. The van der Waals surface area contributed by atoms with Crippen molar-refractivity contribution in [3.8, 4) is 17.0 Å². The molecule has 1 aromatic heterocycles. The third-order valence-corrected chi connectivity index (χ3v) is 6.88. The van der Waals surface area contributed by atoms with Gasteiger partial charge in [0.1, 0.15) is 5.75 Å². The van der Waals surface area contributed by atoms with Gasteiger partial charge in [-0.15, -0.1) is 11.8 Å². The highest BCUT2D eigenvalue weighted by Crippen LogP contribution is 2.37. The van der Waals surface area contributed by atoms with E-state index in [2.05, 4.69) is 65.8 Å². The van der Waals surface area contributed by atoms with Crippen LogP contribution in [0.15, 0.2) is 95.9 Å². The molecular weight excluding hydrogens is 440 g/mol. The number of para-hydroxylation sites is 1. The number of carbonyl (C=O) groups is 1. The molecule has 2 N–H and O–H groups in total. The summed E-state index contributed by atoms with van der Waals surface area (Å²) in [5.41, 5.74) is 4.64. The van der Waals surface area contributed by atoms with Crippen LogP contribution in [-0.4, -0.2) is 29.8 Å². The van der Waals surface area contributed by atoms with Gasteiger partial charge in [0, 0.05) is 28.1 Å². The lowest BCUT2D eigenvalue weighted by atomic mass is 10.1. The van der Waals surface area contributed by atoms with E-state index in [1.807, 2.05) is 42.5 Å². The summed E-state index contributed by atoms with van der Waals surface area (Å²) in [4.78, 5) is 17.1. The first-order chi connectivity index (χ1) is 16.7. The summed E-state index contributed by atoms with van der Waals surface area (Å²) in [5.74, 6) is 1.35. The van der Waals surface area contributed by atoms with E-state index in [1.54, 1.807) is 11.8 Å². The zero-order valence-corrected chi connectivity index (χ0v) is 19.8. The second-order valence-electron chi connectivity index (χ2n) is 8.24. The first-order valence-corrected chi connectivity index (χ1v) is 12.3. The summed E-state index contributed by atoms with van der Waals surface area (Å²) in [6.07, 6.45) is 0. The number of thioether (sulfide) groups is 1. The number of aromatic amines is 1. The van der Waals surface area contributed by atoms with Crippen molar-refractivity contribution >= 4 is 39.3 Å². The third-order valence-electron chi connectivity index (χ3n) is 5.76. The maximum Gasteiger partial charge on any atom is 0.257 e. The summed E-state index contributed by atoms with van der Waals surface area (Å²) in [5, 5.41) is 6.42. The van der Waals surface area contributed by atoms with E-state index < -0.39 is 0 Å². The molecule has 34 heavy (non-hydrogen) atoms. The smallest absolute Gasteiger partial charge is 0.257 e. The summed E-state index contributed by atoms with van der Waals surface area (Å²) in [7, 11) is 0. The molecule has 0 fully saturated rings. The van der Waals surface area contributed by atoms with Gasteiger partial charge in [-0.3, -0.25) is 4.79 Å². The van der Waals surface area contributed by atoms with Crippen molar-refractivity contribution < 1.29 is 9.53 Å². The van der Waals surface area contributed by atoms with Crippen LogP contribution < -0.4 is 10.1 Å². The fourth-order valence-corrected chi connectivity index (χ4v) is 5.05. The Morgan fingerprint density at radius 1 is 0.912 bits per heavy atom. The number of ether oxygens (including phenoxy) is 1. The summed E-state index contributed by atoms with van der Waals surface area (Å²) < 4.78 is 5.70. The van der Waals surface area contributed by atoms with Crippen molar-refractivity contribution in [1.82, 2.24) is 10.3 Å². The first kappa shape index (κ1) is 22.1. The van der Waals surface area contributed by atoms with Gasteiger partial charge < -0.3 is 15.0 Å². The van der Waals surface area contributed by atoms with E-state index in [0.717, 1.165) is 33.3 Å². The van der Waals surface area contributed by atoms with Crippen LogP contribution in [0.1, 0.15) is 5.56 Å². The number of H-pyrrole nitrogens is 1. The van der Waals surface area contributed by atoms with Gasteiger partial charge in [0.2, 0.25) is 0 Å². The van der Waals surface area contributed by atoms with Crippen molar-refractivity contribution in [2.75, 3.05) is 18.9 Å². The van der Waals surface area contributed by atoms with E-state index in [0.29, 0.717) is 12.3 Å². The first-order valence-electron chi connectivity index (χ1n) is 11.4. The Morgan fingerprint density at radius 2 is 1.68 bits per heavy atom. The van der Waals surface area contributed by atoms with E-state index in [4.69, 9.17) is 4.74 Å².